The minimum atomic E-state index is -0.567. The number of nitrogens with zero attached hydrogens (tertiary/aromatic N) is 4. The molecule has 0 atom stereocenters. The zero-order chi connectivity index (χ0) is 15.5. The summed E-state index contributed by atoms with van der Waals surface area (Å²) in [7, 11) is 0. The molecule has 1 saturated heterocycles. The summed E-state index contributed by atoms with van der Waals surface area (Å²) in [6, 6.07) is 6.05. The second-order valence-electron chi connectivity index (χ2n) is 5.03. The largest absolute Gasteiger partial charge is 0.396 e. The van der Waals surface area contributed by atoms with Crippen molar-refractivity contribution in [3.63, 3.8) is 0 Å². The lowest BCUT2D eigenvalue weighted by Gasteiger charge is -2.34. The topological polar surface area (TPSA) is 75.4 Å². The van der Waals surface area contributed by atoms with Gasteiger partial charge in [-0.25, -0.2) is 14.4 Å². The van der Waals surface area contributed by atoms with Crippen LogP contribution in [0.3, 0.4) is 0 Å². The quantitative estimate of drug-likeness (QED) is 0.843. The summed E-state index contributed by atoms with van der Waals surface area (Å²) >= 11 is 0. The first-order valence-electron chi connectivity index (χ1n) is 7.02. The minimum Gasteiger partial charge on any atom is -0.396 e. The molecule has 2 N–H and O–H groups in total. The second-order valence-corrected chi connectivity index (χ2v) is 5.03. The number of nitrogen functional groups attached to an aromatic ring is 1. The van der Waals surface area contributed by atoms with Crippen molar-refractivity contribution in [1.82, 2.24) is 14.9 Å². The molecule has 0 aliphatic carbocycles. The van der Waals surface area contributed by atoms with Crippen LogP contribution in [0.5, 0.6) is 0 Å². The van der Waals surface area contributed by atoms with Gasteiger partial charge in [-0.1, -0.05) is 6.07 Å². The van der Waals surface area contributed by atoms with Crippen molar-refractivity contribution in [3.8, 4) is 0 Å². The van der Waals surface area contributed by atoms with E-state index in [1.807, 2.05) is 4.90 Å². The number of piperazine rings is 1. The summed E-state index contributed by atoms with van der Waals surface area (Å²) in [6.45, 7) is 2.30. The van der Waals surface area contributed by atoms with E-state index in [2.05, 4.69) is 9.97 Å². The smallest absolute Gasteiger partial charge is 0.256 e. The Kier molecular flexibility index (Phi) is 3.86. The van der Waals surface area contributed by atoms with Gasteiger partial charge in [-0.05, 0) is 18.2 Å². The van der Waals surface area contributed by atoms with Crippen LogP contribution >= 0.6 is 0 Å². The number of anilines is 2. The van der Waals surface area contributed by atoms with Gasteiger partial charge in [-0.15, -0.1) is 0 Å². The molecule has 0 unspecified atom stereocenters. The van der Waals surface area contributed by atoms with Gasteiger partial charge in [-0.3, -0.25) is 4.79 Å². The zero-order valence-corrected chi connectivity index (χ0v) is 11.9. The molecule has 1 amide bonds. The molecule has 1 aliphatic heterocycles. The van der Waals surface area contributed by atoms with Gasteiger partial charge in [0.2, 0.25) is 5.95 Å². The van der Waals surface area contributed by atoms with E-state index in [0.29, 0.717) is 32.1 Å². The number of benzene rings is 1. The van der Waals surface area contributed by atoms with Gasteiger partial charge >= 0.3 is 0 Å². The van der Waals surface area contributed by atoms with E-state index < -0.39 is 5.82 Å². The molecule has 2 heterocycles. The lowest BCUT2D eigenvalue weighted by molar-refractivity contribution is 0.0747. The summed E-state index contributed by atoms with van der Waals surface area (Å²) in [4.78, 5) is 24.5. The molecule has 0 saturated carbocycles. The van der Waals surface area contributed by atoms with Gasteiger partial charge in [0.15, 0.2) is 0 Å². The van der Waals surface area contributed by atoms with Crippen molar-refractivity contribution in [2.75, 3.05) is 36.8 Å². The molecule has 0 spiro atoms. The normalized spacial score (nSPS) is 15.0. The van der Waals surface area contributed by atoms with Crippen LogP contribution in [-0.2, 0) is 0 Å². The fourth-order valence-electron chi connectivity index (χ4n) is 2.46. The number of hydrogen-bond acceptors (Lipinski definition) is 5. The van der Waals surface area contributed by atoms with Crippen molar-refractivity contribution in [2.24, 2.45) is 0 Å². The van der Waals surface area contributed by atoms with Gasteiger partial charge in [0, 0.05) is 38.6 Å². The van der Waals surface area contributed by atoms with E-state index in [1.54, 1.807) is 29.4 Å². The van der Waals surface area contributed by atoms with Gasteiger partial charge in [-0.2, -0.15) is 0 Å². The Bertz CT molecular complexity index is 671. The third kappa shape index (κ3) is 2.69. The van der Waals surface area contributed by atoms with E-state index in [4.69, 9.17) is 5.73 Å². The van der Waals surface area contributed by atoms with E-state index in [0.717, 1.165) is 0 Å². The van der Waals surface area contributed by atoms with E-state index >= 15 is 0 Å². The fourth-order valence-corrected chi connectivity index (χ4v) is 2.46. The summed E-state index contributed by atoms with van der Waals surface area (Å²) < 4.78 is 13.5. The highest BCUT2D eigenvalue weighted by molar-refractivity contribution is 5.99. The second kappa shape index (κ2) is 5.97. The van der Waals surface area contributed by atoms with Crippen molar-refractivity contribution < 1.29 is 9.18 Å². The molecule has 7 heteroatoms. The Morgan fingerprint density at radius 1 is 1.09 bits per heavy atom. The maximum atomic E-state index is 13.5. The van der Waals surface area contributed by atoms with Crippen LogP contribution in [-0.4, -0.2) is 47.0 Å². The molecule has 6 nitrogen and oxygen atoms in total. The third-order valence-corrected chi connectivity index (χ3v) is 3.69. The monoisotopic (exact) mass is 301 g/mol. The van der Waals surface area contributed by atoms with Crippen LogP contribution in [0.25, 0.3) is 0 Å². The Labute approximate surface area is 127 Å². The van der Waals surface area contributed by atoms with Crippen LogP contribution < -0.4 is 10.6 Å². The van der Waals surface area contributed by atoms with Gasteiger partial charge in [0.05, 0.1) is 11.3 Å². The van der Waals surface area contributed by atoms with E-state index in [-0.39, 0.29) is 17.2 Å². The number of carbonyl (C=O) groups is 1. The predicted octanol–water partition coefficient (Wildman–Crippen LogP) is 1.16. The molecule has 1 fully saturated rings. The Hall–Kier alpha value is -2.70. The average molecular weight is 301 g/mol. The van der Waals surface area contributed by atoms with Gasteiger partial charge in [0.1, 0.15) is 5.82 Å². The average Bonchev–Trinajstić information content (AvgIpc) is 2.58. The van der Waals surface area contributed by atoms with Crippen LogP contribution in [0.2, 0.25) is 0 Å². The van der Waals surface area contributed by atoms with Gasteiger partial charge < -0.3 is 15.5 Å². The third-order valence-electron chi connectivity index (χ3n) is 3.69. The number of amides is 1. The number of halogens is 1. The maximum absolute atomic E-state index is 13.5. The summed E-state index contributed by atoms with van der Waals surface area (Å²) in [6.07, 6.45) is 3.38. The van der Waals surface area contributed by atoms with Crippen molar-refractivity contribution in [2.45, 2.75) is 0 Å². The van der Waals surface area contributed by atoms with Crippen LogP contribution in [0, 0.1) is 5.82 Å². The number of aromatic nitrogens is 2. The molecular weight excluding hydrogens is 285 g/mol. The number of para-hydroxylation sites is 1. The number of nitrogens with two attached hydrogens (primary N) is 1. The van der Waals surface area contributed by atoms with Crippen LogP contribution in [0.1, 0.15) is 10.4 Å². The highest BCUT2D eigenvalue weighted by Gasteiger charge is 2.25. The van der Waals surface area contributed by atoms with Crippen LogP contribution in [0.4, 0.5) is 16.0 Å². The van der Waals surface area contributed by atoms with Crippen molar-refractivity contribution in [3.05, 3.63) is 48.0 Å². The lowest BCUT2D eigenvalue weighted by Crippen LogP contribution is -2.49. The van der Waals surface area contributed by atoms with Crippen LogP contribution in [0.15, 0.2) is 36.7 Å². The molecule has 2 aromatic rings. The molecule has 0 radical (unpaired) electrons. The number of carbonyl (C=O) groups excluding carboxylic acids is 1. The Morgan fingerprint density at radius 3 is 2.45 bits per heavy atom. The summed E-state index contributed by atoms with van der Waals surface area (Å²) in [5.41, 5.74) is 5.77. The Balaban J connectivity index is 1.69. The Morgan fingerprint density at radius 2 is 1.77 bits per heavy atom. The molecule has 1 aromatic heterocycles. The first-order chi connectivity index (χ1) is 10.7. The molecule has 114 valence electrons. The molecule has 0 bridgehead atoms. The van der Waals surface area contributed by atoms with E-state index in [9.17, 15) is 9.18 Å². The first-order valence-corrected chi connectivity index (χ1v) is 7.02. The highest BCUT2D eigenvalue weighted by atomic mass is 19.1. The maximum Gasteiger partial charge on any atom is 0.256 e. The van der Waals surface area contributed by atoms with E-state index in [1.165, 1.54) is 12.1 Å². The predicted molar refractivity (Wildman–Crippen MR) is 81.0 cm³/mol. The SMILES string of the molecule is Nc1c(F)cccc1C(=O)N1CCN(c2ncccn2)CC1. The summed E-state index contributed by atoms with van der Waals surface area (Å²) in [5.74, 6) is -0.160. The molecule has 3 rings (SSSR count). The highest BCUT2D eigenvalue weighted by Crippen LogP contribution is 2.19. The molecule has 1 aliphatic rings. The zero-order valence-electron chi connectivity index (χ0n) is 11.9. The first kappa shape index (κ1) is 14.2. The number of rotatable bonds is 2. The molecule has 1 aromatic carbocycles. The minimum absolute atomic E-state index is 0.0960. The standard InChI is InChI=1S/C15H16FN5O/c16-12-4-1-3-11(13(12)17)14(22)20-7-9-21(10-8-20)15-18-5-2-6-19-15/h1-6H,7-10,17H2. The molecular formula is C15H16FN5O. The lowest BCUT2D eigenvalue weighted by atomic mass is 10.1. The van der Waals surface area contributed by atoms with Crippen molar-refractivity contribution in [1.29, 1.82) is 0 Å². The number of hydrogen-bond donors (Lipinski definition) is 1. The molecule has 22 heavy (non-hydrogen) atoms. The van der Waals surface area contributed by atoms with Crippen molar-refractivity contribution >= 4 is 17.5 Å². The fraction of sp³-hybridized carbons (Fsp3) is 0.267. The summed E-state index contributed by atoms with van der Waals surface area (Å²) in [5, 5.41) is 0. The van der Waals surface area contributed by atoms with Gasteiger partial charge in [0.25, 0.3) is 5.91 Å².